The lowest BCUT2D eigenvalue weighted by molar-refractivity contribution is 0.431. The van der Waals surface area contributed by atoms with Crippen LogP contribution in [0.4, 0.5) is 0 Å². The molecule has 0 bridgehead atoms. The monoisotopic (exact) mass is 98.1 g/mol. The van der Waals surface area contributed by atoms with Gasteiger partial charge in [0.05, 0.1) is 6.61 Å². The van der Waals surface area contributed by atoms with Crippen molar-refractivity contribution in [2.75, 3.05) is 6.61 Å². The van der Waals surface area contributed by atoms with E-state index in [-0.39, 0.29) is 0 Å². The SMILES string of the molecule is C/C=C(\C)C1CO1. The van der Waals surface area contributed by atoms with Gasteiger partial charge in [-0.2, -0.15) is 0 Å². The van der Waals surface area contributed by atoms with Gasteiger partial charge in [-0.05, 0) is 19.4 Å². The van der Waals surface area contributed by atoms with E-state index in [1.807, 2.05) is 6.92 Å². The van der Waals surface area contributed by atoms with Crippen molar-refractivity contribution in [2.24, 2.45) is 0 Å². The van der Waals surface area contributed by atoms with E-state index < -0.39 is 0 Å². The first-order chi connectivity index (χ1) is 3.34. The standard InChI is InChI=1S/C6H10O/c1-3-5(2)6-4-7-6/h3,6H,4H2,1-2H3/b5-3+. The number of allylic oxidation sites excluding steroid dienone is 1. The maximum absolute atomic E-state index is 4.99. The van der Waals surface area contributed by atoms with Crippen LogP contribution in [0.25, 0.3) is 0 Å². The molecule has 0 N–H and O–H groups in total. The Morgan fingerprint density at radius 3 is 2.57 bits per heavy atom. The zero-order valence-electron chi connectivity index (χ0n) is 4.77. The van der Waals surface area contributed by atoms with Crippen molar-refractivity contribution in [2.45, 2.75) is 20.0 Å². The van der Waals surface area contributed by atoms with E-state index in [9.17, 15) is 0 Å². The van der Waals surface area contributed by atoms with Crippen LogP contribution in [0, 0.1) is 0 Å². The largest absolute Gasteiger partial charge is 0.368 e. The van der Waals surface area contributed by atoms with Crippen LogP contribution in [0.15, 0.2) is 11.6 Å². The van der Waals surface area contributed by atoms with E-state index >= 15 is 0 Å². The maximum Gasteiger partial charge on any atom is 0.102 e. The van der Waals surface area contributed by atoms with Gasteiger partial charge in [-0.15, -0.1) is 0 Å². The van der Waals surface area contributed by atoms with Crippen LogP contribution >= 0.6 is 0 Å². The average molecular weight is 98.1 g/mol. The molecule has 40 valence electrons. The minimum Gasteiger partial charge on any atom is -0.368 e. The third-order valence-corrected chi connectivity index (χ3v) is 1.30. The fourth-order valence-electron chi connectivity index (χ4n) is 0.497. The van der Waals surface area contributed by atoms with Gasteiger partial charge in [-0.25, -0.2) is 0 Å². The summed E-state index contributed by atoms with van der Waals surface area (Å²) >= 11 is 0. The Morgan fingerprint density at radius 1 is 1.86 bits per heavy atom. The molecule has 1 nitrogen and oxygen atoms in total. The molecule has 0 aliphatic carbocycles. The van der Waals surface area contributed by atoms with Gasteiger partial charge in [-0.3, -0.25) is 0 Å². The van der Waals surface area contributed by atoms with E-state index in [4.69, 9.17) is 4.74 Å². The molecular formula is C6H10O. The number of hydrogen-bond donors (Lipinski definition) is 0. The van der Waals surface area contributed by atoms with Gasteiger partial charge in [-0.1, -0.05) is 6.08 Å². The lowest BCUT2D eigenvalue weighted by atomic mass is 10.2. The molecule has 0 aromatic carbocycles. The predicted molar refractivity (Wildman–Crippen MR) is 29.2 cm³/mol. The van der Waals surface area contributed by atoms with Gasteiger partial charge in [0.1, 0.15) is 6.10 Å². The average Bonchev–Trinajstić information content (AvgIpc) is 2.44. The van der Waals surface area contributed by atoms with Crippen LogP contribution in [-0.2, 0) is 4.74 Å². The molecule has 0 aromatic rings. The Kier molecular flexibility index (Phi) is 1.15. The molecule has 1 rings (SSSR count). The molecule has 1 aliphatic heterocycles. The van der Waals surface area contributed by atoms with Crippen LogP contribution in [-0.4, -0.2) is 12.7 Å². The summed E-state index contributed by atoms with van der Waals surface area (Å²) < 4.78 is 4.99. The molecule has 0 aromatic heterocycles. The molecule has 0 saturated carbocycles. The highest BCUT2D eigenvalue weighted by Gasteiger charge is 2.22. The first-order valence-corrected chi connectivity index (χ1v) is 2.59. The Balaban J connectivity index is 2.37. The Morgan fingerprint density at radius 2 is 2.43 bits per heavy atom. The molecule has 0 spiro atoms. The summed E-state index contributed by atoms with van der Waals surface area (Å²) in [6.07, 6.45) is 2.57. The third kappa shape index (κ3) is 1.03. The molecule has 1 atom stereocenters. The Bertz CT molecular complexity index is 90.4. The quantitative estimate of drug-likeness (QED) is 0.356. The van der Waals surface area contributed by atoms with Crippen molar-refractivity contribution in [3.8, 4) is 0 Å². The van der Waals surface area contributed by atoms with Crippen molar-refractivity contribution in [1.29, 1.82) is 0 Å². The van der Waals surface area contributed by atoms with Crippen LogP contribution in [0.1, 0.15) is 13.8 Å². The number of hydrogen-bond acceptors (Lipinski definition) is 1. The molecule has 1 fully saturated rings. The van der Waals surface area contributed by atoms with Crippen LogP contribution in [0.3, 0.4) is 0 Å². The van der Waals surface area contributed by atoms with E-state index in [0.717, 1.165) is 6.61 Å². The molecular weight excluding hydrogens is 88.1 g/mol. The summed E-state index contributed by atoms with van der Waals surface area (Å²) in [5.74, 6) is 0. The van der Waals surface area contributed by atoms with E-state index in [1.165, 1.54) is 5.57 Å². The fraction of sp³-hybridized carbons (Fsp3) is 0.667. The molecule has 0 amide bonds. The summed E-state index contributed by atoms with van der Waals surface area (Å²) in [5, 5.41) is 0. The lowest BCUT2D eigenvalue weighted by Gasteiger charge is -1.85. The minimum atomic E-state index is 0.477. The number of rotatable bonds is 1. The highest BCUT2D eigenvalue weighted by atomic mass is 16.6. The smallest absolute Gasteiger partial charge is 0.102 e. The first kappa shape index (κ1) is 4.85. The molecule has 1 heterocycles. The highest BCUT2D eigenvalue weighted by Crippen LogP contribution is 2.17. The van der Waals surface area contributed by atoms with E-state index in [0.29, 0.717) is 6.10 Å². The van der Waals surface area contributed by atoms with Crippen LogP contribution < -0.4 is 0 Å². The van der Waals surface area contributed by atoms with Gasteiger partial charge < -0.3 is 4.74 Å². The summed E-state index contributed by atoms with van der Waals surface area (Å²) in [6.45, 7) is 5.07. The predicted octanol–water partition coefficient (Wildman–Crippen LogP) is 1.35. The lowest BCUT2D eigenvalue weighted by Crippen LogP contribution is -1.83. The normalized spacial score (nSPS) is 30.6. The van der Waals surface area contributed by atoms with Gasteiger partial charge in [0, 0.05) is 0 Å². The molecule has 1 heteroatoms. The van der Waals surface area contributed by atoms with Crippen molar-refractivity contribution >= 4 is 0 Å². The molecule has 1 saturated heterocycles. The molecule has 1 unspecified atom stereocenters. The van der Waals surface area contributed by atoms with Crippen LogP contribution in [0.5, 0.6) is 0 Å². The van der Waals surface area contributed by atoms with Crippen LogP contribution in [0.2, 0.25) is 0 Å². The molecule has 7 heavy (non-hydrogen) atoms. The first-order valence-electron chi connectivity index (χ1n) is 2.59. The van der Waals surface area contributed by atoms with E-state index in [2.05, 4.69) is 13.0 Å². The van der Waals surface area contributed by atoms with Gasteiger partial charge >= 0.3 is 0 Å². The fourth-order valence-corrected chi connectivity index (χ4v) is 0.497. The summed E-state index contributed by atoms with van der Waals surface area (Å²) in [6, 6.07) is 0. The Labute approximate surface area is 44.0 Å². The van der Waals surface area contributed by atoms with E-state index in [1.54, 1.807) is 0 Å². The summed E-state index contributed by atoms with van der Waals surface area (Å²) in [4.78, 5) is 0. The zero-order valence-corrected chi connectivity index (χ0v) is 4.77. The maximum atomic E-state index is 4.99. The second kappa shape index (κ2) is 1.66. The van der Waals surface area contributed by atoms with Crippen molar-refractivity contribution in [3.63, 3.8) is 0 Å². The van der Waals surface area contributed by atoms with Gasteiger partial charge in [0.2, 0.25) is 0 Å². The Hall–Kier alpha value is -0.300. The van der Waals surface area contributed by atoms with Gasteiger partial charge in [0.15, 0.2) is 0 Å². The second-order valence-corrected chi connectivity index (χ2v) is 1.85. The third-order valence-electron chi connectivity index (χ3n) is 1.30. The van der Waals surface area contributed by atoms with Crippen molar-refractivity contribution in [1.82, 2.24) is 0 Å². The zero-order chi connectivity index (χ0) is 5.28. The number of epoxide rings is 1. The second-order valence-electron chi connectivity index (χ2n) is 1.85. The van der Waals surface area contributed by atoms with Crippen molar-refractivity contribution < 1.29 is 4.74 Å². The highest BCUT2D eigenvalue weighted by molar-refractivity contribution is 5.08. The molecule has 0 radical (unpaired) electrons. The van der Waals surface area contributed by atoms with Crippen molar-refractivity contribution in [3.05, 3.63) is 11.6 Å². The topological polar surface area (TPSA) is 12.5 Å². The summed E-state index contributed by atoms with van der Waals surface area (Å²) in [5.41, 5.74) is 1.36. The number of ether oxygens (including phenoxy) is 1. The minimum absolute atomic E-state index is 0.477. The van der Waals surface area contributed by atoms with Gasteiger partial charge in [0.25, 0.3) is 0 Å². The summed E-state index contributed by atoms with van der Waals surface area (Å²) in [7, 11) is 0. The molecule has 1 aliphatic rings.